The Morgan fingerprint density at radius 2 is 1.95 bits per heavy atom. The zero-order valence-electron chi connectivity index (χ0n) is 20.8. The van der Waals surface area contributed by atoms with Gasteiger partial charge in [-0.3, -0.25) is 14.5 Å². The lowest BCUT2D eigenvalue weighted by Gasteiger charge is -2.33. The van der Waals surface area contributed by atoms with Crippen LogP contribution in [0, 0.1) is 0 Å². The Labute approximate surface area is 213 Å². The van der Waals surface area contributed by atoms with Crippen molar-refractivity contribution in [1.29, 1.82) is 0 Å². The Balaban J connectivity index is 1.37. The van der Waals surface area contributed by atoms with E-state index in [0.29, 0.717) is 49.6 Å². The quantitative estimate of drug-likeness (QED) is 0.537. The molecule has 2 atom stereocenters. The van der Waals surface area contributed by atoms with E-state index < -0.39 is 17.8 Å². The molecule has 10 heteroatoms. The summed E-state index contributed by atoms with van der Waals surface area (Å²) in [7, 11) is 3.05. The molecule has 2 aromatic rings. The van der Waals surface area contributed by atoms with Crippen LogP contribution >= 0.6 is 0 Å². The molecule has 5 rings (SSSR count). The highest BCUT2D eigenvalue weighted by Crippen LogP contribution is 2.44. The van der Waals surface area contributed by atoms with Crippen LogP contribution in [0.4, 0.5) is 13.2 Å². The average molecular weight is 519 g/mol. The number of ether oxygens (including phenoxy) is 3. The predicted octanol–water partition coefficient (Wildman–Crippen LogP) is 4.08. The molecule has 3 aliphatic rings. The standard InChI is InChI=1S/C27H29F3N2O5/c1-31-9-10-32(14-25(31)33)13-21-19-6-8-23(20(19)5-7-22(21)27(28,29)30)37-17-3-4-18-16(11-26(34)35-2)15-36-24(18)12-17/h3-5,7,12,16,23H,6,8-11,13-15H2,1-2H3/t16?,23-/m1/s1. The summed E-state index contributed by atoms with van der Waals surface area (Å²) >= 11 is 0. The van der Waals surface area contributed by atoms with Gasteiger partial charge in [-0.15, -0.1) is 0 Å². The summed E-state index contributed by atoms with van der Waals surface area (Å²) in [6.07, 6.45) is -3.64. The van der Waals surface area contributed by atoms with Crippen LogP contribution in [0.5, 0.6) is 11.5 Å². The largest absolute Gasteiger partial charge is 0.492 e. The molecule has 1 aliphatic carbocycles. The van der Waals surface area contributed by atoms with Crippen molar-refractivity contribution in [2.75, 3.05) is 40.4 Å². The molecule has 0 radical (unpaired) electrons. The van der Waals surface area contributed by atoms with Crippen LogP contribution in [0.2, 0.25) is 0 Å². The maximum atomic E-state index is 13.9. The lowest BCUT2D eigenvalue weighted by Crippen LogP contribution is -2.48. The minimum Gasteiger partial charge on any atom is -0.492 e. The normalized spacial score (nSPS) is 21.4. The van der Waals surface area contributed by atoms with Gasteiger partial charge in [-0.25, -0.2) is 0 Å². The number of carbonyl (C=O) groups excluding carboxylic acids is 2. The van der Waals surface area contributed by atoms with Crippen LogP contribution in [0.25, 0.3) is 0 Å². The first-order chi connectivity index (χ1) is 17.6. The van der Waals surface area contributed by atoms with E-state index in [1.807, 2.05) is 6.07 Å². The molecule has 0 saturated carbocycles. The van der Waals surface area contributed by atoms with E-state index in [1.54, 1.807) is 29.0 Å². The monoisotopic (exact) mass is 518 g/mol. The number of rotatable bonds is 6. The fourth-order valence-corrected chi connectivity index (χ4v) is 5.42. The molecule has 0 spiro atoms. The van der Waals surface area contributed by atoms with Gasteiger partial charge in [-0.2, -0.15) is 13.2 Å². The highest BCUT2D eigenvalue weighted by molar-refractivity contribution is 5.78. The molecule has 0 aromatic heterocycles. The molecule has 2 heterocycles. The maximum absolute atomic E-state index is 13.9. The zero-order chi connectivity index (χ0) is 26.3. The van der Waals surface area contributed by atoms with E-state index in [4.69, 9.17) is 14.2 Å². The minimum atomic E-state index is -4.49. The summed E-state index contributed by atoms with van der Waals surface area (Å²) < 4.78 is 58.6. The summed E-state index contributed by atoms with van der Waals surface area (Å²) in [5.74, 6) is 0.702. The number of methoxy groups -OCH3 is 1. The molecule has 7 nitrogen and oxygen atoms in total. The third-order valence-electron chi connectivity index (χ3n) is 7.48. The Kier molecular flexibility index (Phi) is 6.78. The zero-order valence-corrected chi connectivity index (χ0v) is 20.8. The van der Waals surface area contributed by atoms with Crippen molar-refractivity contribution in [3.05, 3.63) is 58.1 Å². The Morgan fingerprint density at radius 1 is 1.16 bits per heavy atom. The number of hydrogen-bond acceptors (Lipinski definition) is 6. The van der Waals surface area contributed by atoms with E-state index in [0.717, 1.165) is 17.2 Å². The van der Waals surface area contributed by atoms with Gasteiger partial charge >= 0.3 is 12.1 Å². The van der Waals surface area contributed by atoms with Gasteiger partial charge in [-0.1, -0.05) is 12.1 Å². The van der Waals surface area contributed by atoms with Gasteiger partial charge in [0.2, 0.25) is 5.91 Å². The average Bonchev–Trinajstić information content (AvgIpc) is 3.45. The number of piperazine rings is 1. The molecule has 0 bridgehead atoms. The molecule has 2 aliphatic heterocycles. The van der Waals surface area contributed by atoms with Crippen molar-refractivity contribution >= 4 is 11.9 Å². The molecule has 1 amide bonds. The first-order valence-corrected chi connectivity index (χ1v) is 12.3. The van der Waals surface area contributed by atoms with Crippen LogP contribution in [-0.2, 0) is 33.5 Å². The smallest absolute Gasteiger partial charge is 0.416 e. The summed E-state index contributed by atoms with van der Waals surface area (Å²) in [5.41, 5.74) is 1.89. The van der Waals surface area contributed by atoms with Crippen molar-refractivity contribution in [3.63, 3.8) is 0 Å². The third kappa shape index (κ3) is 5.12. The van der Waals surface area contributed by atoms with Gasteiger partial charge in [0.15, 0.2) is 0 Å². The van der Waals surface area contributed by atoms with Gasteiger partial charge in [0.25, 0.3) is 0 Å². The van der Waals surface area contributed by atoms with Gasteiger partial charge < -0.3 is 19.1 Å². The van der Waals surface area contributed by atoms with Crippen molar-refractivity contribution in [2.45, 2.75) is 44.0 Å². The van der Waals surface area contributed by atoms with E-state index in [9.17, 15) is 22.8 Å². The fourth-order valence-electron chi connectivity index (χ4n) is 5.42. The molecule has 37 heavy (non-hydrogen) atoms. The second kappa shape index (κ2) is 9.89. The number of carbonyl (C=O) groups is 2. The van der Waals surface area contributed by atoms with Crippen LogP contribution in [-0.4, -0.2) is 62.1 Å². The SMILES string of the molecule is COC(=O)CC1COc2cc(O[C@@H]3CCc4c3ccc(C(F)(F)F)c4CN3CCN(C)C(=O)C3)ccc21. The van der Waals surface area contributed by atoms with Crippen molar-refractivity contribution < 1.29 is 37.0 Å². The van der Waals surface area contributed by atoms with Crippen LogP contribution in [0.1, 0.15) is 52.7 Å². The molecule has 2 aromatic carbocycles. The molecule has 1 saturated heterocycles. The van der Waals surface area contributed by atoms with E-state index in [1.165, 1.54) is 13.2 Å². The summed E-state index contributed by atoms with van der Waals surface area (Å²) in [4.78, 5) is 27.2. The first-order valence-electron chi connectivity index (χ1n) is 12.3. The number of fused-ring (bicyclic) bond motifs is 2. The Morgan fingerprint density at radius 3 is 2.68 bits per heavy atom. The van der Waals surface area contributed by atoms with Gasteiger partial charge in [0.1, 0.15) is 17.6 Å². The number of nitrogens with zero attached hydrogens (tertiary/aromatic N) is 2. The lowest BCUT2D eigenvalue weighted by molar-refractivity contribution is -0.141. The Hall–Kier alpha value is -3.27. The number of esters is 1. The second-order valence-corrected chi connectivity index (χ2v) is 9.82. The molecule has 1 fully saturated rings. The highest BCUT2D eigenvalue weighted by Gasteiger charge is 2.38. The number of hydrogen-bond donors (Lipinski definition) is 0. The molecule has 198 valence electrons. The maximum Gasteiger partial charge on any atom is 0.416 e. The molecular formula is C27H29F3N2O5. The Bertz CT molecular complexity index is 1220. The number of amides is 1. The highest BCUT2D eigenvalue weighted by atomic mass is 19.4. The van der Waals surface area contributed by atoms with Crippen molar-refractivity contribution in [1.82, 2.24) is 9.80 Å². The predicted molar refractivity (Wildman–Crippen MR) is 127 cm³/mol. The molecule has 0 N–H and O–H groups in total. The summed E-state index contributed by atoms with van der Waals surface area (Å²) in [6.45, 7) is 1.55. The lowest BCUT2D eigenvalue weighted by atomic mass is 9.96. The molecule has 1 unspecified atom stereocenters. The topological polar surface area (TPSA) is 68.3 Å². The first kappa shape index (κ1) is 25.4. The number of alkyl halides is 3. The van der Waals surface area contributed by atoms with Crippen molar-refractivity contribution in [2.24, 2.45) is 0 Å². The summed E-state index contributed by atoms with van der Waals surface area (Å²) in [6, 6.07) is 8.09. The number of halogens is 3. The minimum absolute atomic E-state index is 0.0680. The van der Waals surface area contributed by atoms with Crippen molar-refractivity contribution in [3.8, 4) is 11.5 Å². The summed E-state index contributed by atoms with van der Waals surface area (Å²) in [5, 5.41) is 0. The van der Waals surface area contributed by atoms with Crippen LogP contribution in [0.3, 0.4) is 0 Å². The van der Waals surface area contributed by atoms with E-state index >= 15 is 0 Å². The number of likely N-dealkylation sites (N-methyl/N-ethyl adjacent to an activating group) is 1. The second-order valence-electron chi connectivity index (χ2n) is 9.82. The van der Waals surface area contributed by atoms with Gasteiger partial charge in [-0.05, 0) is 41.7 Å². The van der Waals surface area contributed by atoms with Crippen LogP contribution < -0.4 is 9.47 Å². The van der Waals surface area contributed by atoms with E-state index in [-0.39, 0.29) is 42.9 Å². The van der Waals surface area contributed by atoms with E-state index in [2.05, 4.69) is 0 Å². The van der Waals surface area contributed by atoms with Gasteiger partial charge in [0, 0.05) is 44.2 Å². The molecular weight excluding hydrogens is 489 g/mol. The fraction of sp³-hybridized carbons (Fsp3) is 0.481. The van der Waals surface area contributed by atoms with Gasteiger partial charge in [0.05, 0.1) is 32.2 Å². The van der Waals surface area contributed by atoms with Crippen LogP contribution in [0.15, 0.2) is 30.3 Å². The number of benzene rings is 2. The third-order valence-corrected chi connectivity index (χ3v) is 7.48.